The smallest absolute Gasteiger partial charge is 0.300 e. The predicted molar refractivity (Wildman–Crippen MR) is 145 cm³/mol. The molecule has 1 heterocycles. The number of aliphatic hydroxyl groups is 1. The van der Waals surface area contributed by atoms with Crippen LogP contribution in [0.4, 0.5) is 11.4 Å². The summed E-state index contributed by atoms with van der Waals surface area (Å²) in [6, 6.07) is 20.7. The van der Waals surface area contributed by atoms with Crippen LogP contribution in [0.3, 0.4) is 0 Å². The van der Waals surface area contributed by atoms with Crippen LogP contribution in [-0.4, -0.2) is 44.1 Å². The zero-order valence-electron chi connectivity index (χ0n) is 21.6. The van der Waals surface area contributed by atoms with Crippen molar-refractivity contribution >= 4 is 28.8 Å². The van der Waals surface area contributed by atoms with Crippen LogP contribution in [0.15, 0.2) is 78.4 Å². The van der Waals surface area contributed by atoms with Crippen molar-refractivity contribution in [1.82, 2.24) is 0 Å². The van der Waals surface area contributed by atoms with E-state index in [1.165, 1.54) is 4.90 Å². The third-order valence-corrected chi connectivity index (χ3v) is 6.18. The summed E-state index contributed by atoms with van der Waals surface area (Å²) >= 11 is 0. The van der Waals surface area contributed by atoms with Crippen molar-refractivity contribution in [2.24, 2.45) is 0 Å². The highest BCUT2D eigenvalue weighted by atomic mass is 16.5. The fourth-order valence-corrected chi connectivity index (χ4v) is 4.35. The van der Waals surface area contributed by atoms with Crippen LogP contribution in [0.1, 0.15) is 37.4 Å². The van der Waals surface area contributed by atoms with E-state index in [9.17, 15) is 14.7 Å². The van der Waals surface area contributed by atoms with Crippen LogP contribution in [0, 0.1) is 0 Å². The van der Waals surface area contributed by atoms with Gasteiger partial charge in [-0.1, -0.05) is 31.2 Å². The van der Waals surface area contributed by atoms with Gasteiger partial charge in [-0.05, 0) is 67.4 Å². The molecule has 1 atom stereocenters. The van der Waals surface area contributed by atoms with E-state index in [1.54, 1.807) is 48.5 Å². The molecule has 1 saturated heterocycles. The lowest BCUT2D eigenvalue weighted by molar-refractivity contribution is -0.132. The Morgan fingerprint density at radius 1 is 0.919 bits per heavy atom. The van der Waals surface area contributed by atoms with Crippen molar-refractivity contribution < 1.29 is 24.2 Å². The fraction of sp³-hybridized carbons (Fsp3) is 0.267. The quantitative estimate of drug-likeness (QED) is 0.235. The van der Waals surface area contributed by atoms with Gasteiger partial charge in [-0.25, -0.2) is 0 Å². The van der Waals surface area contributed by atoms with Crippen LogP contribution >= 0.6 is 0 Å². The Morgan fingerprint density at radius 2 is 1.62 bits per heavy atom. The van der Waals surface area contributed by atoms with Crippen molar-refractivity contribution in [3.63, 3.8) is 0 Å². The first-order chi connectivity index (χ1) is 17.8. The molecule has 0 aliphatic carbocycles. The van der Waals surface area contributed by atoms with Gasteiger partial charge in [0.15, 0.2) is 0 Å². The Morgan fingerprint density at radius 3 is 2.24 bits per heavy atom. The molecule has 7 heteroatoms. The fourth-order valence-electron chi connectivity index (χ4n) is 4.35. The average molecular weight is 501 g/mol. The summed E-state index contributed by atoms with van der Waals surface area (Å²) in [6.07, 6.45) is 0.839. The molecule has 1 fully saturated rings. The molecule has 0 bridgehead atoms. The largest absolute Gasteiger partial charge is 0.507 e. The molecule has 0 spiro atoms. The van der Waals surface area contributed by atoms with E-state index in [4.69, 9.17) is 9.47 Å². The topological polar surface area (TPSA) is 79.3 Å². The Kier molecular flexibility index (Phi) is 7.82. The van der Waals surface area contributed by atoms with Crippen LogP contribution in [-0.2, 0) is 9.59 Å². The Hall–Kier alpha value is -4.26. The number of Topliss-reactive ketones (excluding diaryl/α,β-unsaturated/α-hetero) is 1. The lowest BCUT2D eigenvalue weighted by Crippen LogP contribution is -2.29. The summed E-state index contributed by atoms with van der Waals surface area (Å²) in [7, 11) is 3.86. The van der Waals surface area contributed by atoms with E-state index < -0.39 is 17.7 Å². The molecule has 3 aromatic rings. The maximum atomic E-state index is 13.4. The van der Waals surface area contributed by atoms with E-state index >= 15 is 0 Å². The van der Waals surface area contributed by atoms with Crippen LogP contribution < -0.4 is 19.3 Å². The number of nitrogens with zero attached hydrogens (tertiary/aromatic N) is 2. The van der Waals surface area contributed by atoms with Crippen molar-refractivity contribution in [3.05, 3.63) is 89.5 Å². The molecule has 1 amide bonds. The molecule has 0 aromatic heterocycles. The van der Waals surface area contributed by atoms with Gasteiger partial charge >= 0.3 is 0 Å². The zero-order valence-corrected chi connectivity index (χ0v) is 21.6. The van der Waals surface area contributed by atoms with E-state index in [2.05, 4.69) is 0 Å². The highest BCUT2D eigenvalue weighted by molar-refractivity contribution is 6.51. The van der Waals surface area contributed by atoms with E-state index in [-0.39, 0.29) is 11.3 Å². The average Bonchev–Trinajstić information content (AvgIpc) is 3.18. The number of anilines is 2. The molecule has 1 aliphatic rings. The zero-order chi connectivity index (χ0) is 26.5. The summed E-state index contributed by atoms with van der Waals surface area (Å²) in [4.78, 5) is 30.2. The molecule has 7 nitrogen and oxygen atoms in total. The maximum Gasteiger partial charge on any atom is 0.300 e. The van der Waals surface area contributed by atoms with Gasteiger partial charge in [0, 0.05) is 31.0 Å². The van der Waals surface area contributed by atoms with Crippen molar-refractivity contribution in [2.45, 2.75) is 26.3 Å². The SMILES string of the molecule is CCCOc1cccc(/C(O)=C2\C(=O)C(=O)N(c3ccc(N(C)C)cc3)C2c2ccc(OCC)cc2)c1. The minimum Gasteiger partial charge on any atom is -0.507 e. The number of hydrogen-bond acceptors (Lipinski definition) is 6. The van der Waals surface area contributed by atoms with Gasteiger partial charge in [-0.15, -0.1) is 0 Å². The van der Waals surface area contributed by atoms with Crippen LogP contribution in [0.5, 0.6) is 11.5 Å². The monoisotopic (exact) mass is 500 g/mol. The number of carbonyl (C=O) groups is 2. The third-order valence-electron chi connectivity index (χ3n) is 6.18. The number of carbonyl (C=O) groups excluding carboxylic acids is 2. The molecule has 37 heavy (non-hydrogen) atoms. The van der Waals surface area contributed by atoms with E-state index in [1.807, 2.05) is 57.1 Å². The molecule has 1 N–H and O–H groups in total. The minimum atomic E-state index is -0.818. The summed E-state index contributed by atoms with van der Waals surface area (Å²) in [5, 5.41) is 11.4. The van der Waals surface area contributed by atoms with Crippen molar-refractivity contribution in [2.75, 3.05) is 37.1 Å². The number of amides is 1. The Labute approximate surface area is 217 Å². The van der Waals surface area contributed by atoms with Crippen molar-refractivity contribution in [1.29, 1.82) is 0 Å². The number of benzene rings is 3. The maximum absolute atomic E-state index is 13.4. The van der Waals surface area contributed by atoms with Gasteiger partial charge < -0.3 is 19.5 Å². The van der Waals surface area contributed by atoms with E-state index in [0.29, 0.717) is 41.5 Å². The highest BCUT2D eigenvalue weighted by Gasteiger charge is 2.47. The Bertz CT molecular complexity index is 1300. The van der Waals surface area contributed by atoms with Crippen LogP contribution in [0.25, 0.3) is 5.76 Å². The van der Waals surface area contributed by atoms with Gasteiger partial charge in [0.1, 0.15) is 17.3 Å². The first-order valence-electron chi connectivity index (χ1n) is 12.4. The van der Waals surface area contributed by atoms with Crippen LogP contribution in [0.2, 0.25) is 0 Å². The first-order valence-corrected chi connectivity index (χ1v) is 12.4. The second-order valence-electron chi connectivity index (χ2n) is 8.96. The summed E-state index contributed by atoms with van der Waals surface area (Å²) in [5.74, 6) is -0.424. The van der Waals surface area contributed by atoms with E-state index in [0.717, 1.165) is 12.1 Å². The van der Waals surface area contributed by atoms with Gasteiger partial charge in [0.05, 0.1) is 24.8 Å². The lowest BCUT2D eigenvalue weighted by atomic mass is 9.95. The first kappa shape index (κ1) is 25.8. The summed E-state index contributed by atoms with van der Waals surface area (Å²) in [6.45, 7) is 4.96. The van der Waals surface area contributed by atoms with Gasteiger partial charge in [0.25, 0.3) is 11.7 Å². The molecule has 192 valence electrons. The van der Waals surface area contributed by atoms with Crippen molar-refractivity contribution in [3.8, 4) is 11.5 Å². The van der Waals surface area contributed by atoms with Gasteiger partial charge in [-0.2, -0.15) is 0 Å². The standard InChI is InChI=1S/C30H32N2O5/c1-5-18-37-25-9-7-8-21(19-25)28(33)26-27(20-10-16-24(17-11-20)36-6-2)32(30(35)29(26)34)23-14-12-22(13-15-23)31(3)4/h7-17,19,27,33H,5-6,18H2,1-4H3/b28-26+. The number of ether oxygens (including phenoxy) is 2. The number of rotatable bonds is 9. The molecule has 3 aromatic carbocycles. The summed E-state index contributed by atoms with van der Waals surface area (Å²) in [5.41, 5.74) is 2.63. The highest BCUT2D eigenvalue weighted by Crippen LogP contribution is 2.43. The number of hydrogen-bond donors (Lipinski definition) is 1. The Balaban J connectivity index is 1.85. The molecule has 1 unspecified atom stereocenters. The predicted octanol–water partition coefficient (Wildman–Crippen LogP) is 5.57. The third kappa shape index (κ3) is 5.31. The number of ketones is 1. The normalized spacial score (nSPS) is 16.6. The molecule has 0 radical (unpaired) electrons. The molecule has 0 saturated carbocycles. The van der Waals surface area contributed by atoms with Gasteiger partial charge in [-0.3, -0.25) is 14.5 Å². The second-order valence-corrected chi connectivity index (χ2v) is 8.96. The molecular formula is C30H32N2O5. The second kappa shape index (κ2) is 11.2. The number of aliphatic hydroxyl groups excluding tert-OH is 1. The molecule has 1 aliphatic heterocycles. The lowest BCUT2D eigenvalue weighted by Gasteiger charge is -2.26. The summed E-state index contributed by atoms with van der Waals surface area (Å²) < 4.78 is 11.3. The minimum absolute atomic E-state index is 0.0264. The molecular weight excluding hydrogens is 468 g/mol. The molecule has 4 rings (SSSR count). The van der Waals surface area contributed by atoms with Gasteiger partial charge in [0.2, 0.25) is 0 Å².